The largest absolute Gasteiger partial charge is 0.472 e. The number of phosphoric acid groups is 1. The quantitative estimate of drug-likeness (QED) is 0.0158. The molecule has 0 aromatic carbocycles. The minimum atomic E-state index is -5.12. The number of rotatable bonds is 45. The van der Waals surface area contributed by atoms with Crippen molar-refractivity contribution >= 4 is 13.7 Å². The van der Waals surface area contributed by atoms with E-state index in [4.69, 9.17) is 9.05 Å². The molecule has 0 bridgehead atoms. The highest BCUT2D eigenvalue weighted by atomic mass is 31.2. The highest BCUT2D eigenvalue weighted by Crippen LogP contribution is 2.47. The monoisotopic (exact) mass is 950 g/mol. The van der Waals surface area contributed by atoms with Crippen LogP contribution in [0.2, 0.25) is 0 Å². The summed E-state index contributed by atoms with van der Waals surface area (Å²) in [4.78, 5) is 23.6. The molecule has 8 unspecified atom stereocenters. The molecule has 1 aliphatic carbocycles. The molecule has 1 aliphatic rings. The maximum absolute atomic E-state index is 13.1. The van der Waals surface area contributed by atoms with Crippen LogP contribution >= 0.6 is 7.82 Å². The second-order valence-electron chi connectivity index (χ2n) is 19.3. The minimum Gasteiger partial charge on any atom is -0.393 e. The van der Waals surface area contributed by atoms with E-state index >= 15 is 0 Å². The summed E-state index contributed by atoms with van der Waals surface area (Å²) in [6, 6.07) is -1.16. The van der Waals surface area contributed by atoms with Gasteiger partial charge in [0.2, 0.25) is 5.91 Å². The van der Waals surface area contributed by atoms with Gasteiger partial charge in [0.25, 0.3) is 0 Å². The van der Waals surface area contributed by atoms with E-state index in [1.54, 1.807) is 0 Å². The third-order valence-electron chi connectivity index (χ3n) is 13.1. The van der Waals surface area contributed by atoms with Crippen LogP contribution in [0.15, 0.2) is 12.2 Å². The summed E-state index contributed by atoms with van der Waals surface area (Å²) in [6.07, 6.45) is 31.1. The van der Waals surface area contributed by atoms with Crippen molar-refractivity contribution in [1.29, 1.82) is 0 Å². The zero-order chi connectivity index (χ0) is 48.0. The number of amides is 1. The summed E-state index contributed by atoms with van der Waals surface area (Å²) in [5.41, 5.74) is 0. The Hall–Kier alpha value is -0.960. The van der Waals surface area contributed by atoms with Gasteiger partial charge in [-0.1, -0.05) is 212 Å². The van der Waals surface area contributed by atoms with Crippen LogP contribution in [0.1, 0.15) is 245 Å². The van der Waals surface area contributed by atoms with Gasteiger partial charge in [0.15, 0.2) is 0 Å². The summed E-state index contributed by atoms with van der Waals surface area (Å²) >= 11 is 0. The van der Waals surface area contributed by atoms with Gasteiger partial charge in [-0.2, -0.15) is 0 Å². The molecule has 1 amide bonds. The predicted molar refractivity (Wildman–Crippen MR) is 261 cm³/mol. The summed E-state index contributed by atoms with van der Waals surface area (Å²) in [5.74, 6) is -0.565. The minimum absolute atomic E-state index is 0.229. The van der Waals surface area contributed by atoms with E-state index in [9.17, 15) is 50.0 Å². The fraction of sp³-hybridized carbons (Fsp3) is 0.941. The molecule has 13 nitrogen and oxygen atoms in total. The molecular weight excluding hydrogens is 850 g/mol. The summed E-state index contributed by atoms with van der Waals surface area (Å²) in [6.45, 7) is 3.82. The van der Waals surface area contributed by atoms with E-state index in [1.165, 1.54) is 148 Å². The van der Waals surface area contributed by atoms with Crippen LogP contribution in [0, 0.1) is 0 Å². The Morgan fingerprint density at radius 1 is 0.523 bits per heavy atom. The zero-order valence-corrected chi connectivity index (χ0v) is 42.1. The lowest BCUT2D eigenvalue weighted by Crippen LogP contribution is -2.64. The summed E-state index contributed by atoms with van der Waals surface area (Å²) < 4.78 is 23.0. The molecule has 8 atom stereocenters. The Labute approximate surface area is 395 Å². The first-order chi connectivity index (χ1) is 31.3. The molecule has 0 radical (unpaired) electrons. The van der Waals surface area contributed by atoms with Crippen LogP contribution in [-0.2, 0) is 18.4 Å². The first kappa shape index (κ1) is 62.1. The van der Waals surface area contributed by atoms with Gasteiger partial charge in [0, 0.05) is 0 Å². The van der Waals surface area contributed by atoms with Crippen molar-refractivity contribution in [3.8, 4) is 0 Å². The van der Waals surface area contributed by atoms with Gasteiger partial charge in [0.05, 0.1) is 31.3 Å². The number of hydrogen-bond acceptors (Lipinski definition) is 11. The maximum Gasteiger partial charge on any atom is 0.472 e. The Kier molecular flexibility index (Phi) is 39.0. The fourth-order valence-electron chi connectivity index (χ4n) is 8.77. The van der Waals surface area contributed by atoms with Crippen LogP contribution in [-0.4, -0.2) is 108 Å². The normalized spacial score (nSPS) is 22.6. The molecule has 0 aliphatic heterocycles. The van der Waals surface area contributed by atoms with Gasteiger partial charge in [-0.15, -0.1) is 0 Å². The van der Waals surface area contributed by atoms with E-state index in [0.717, 1.165) is 57.8 Å². The van der Waals surface area contributed by atoms with Crippen LogP contribution in [0.5, 0.6) is 0 Å². The molecule has 9 N–H and O–H groups in total. The van der Waals surface area contributed by atoms with E-state index in [-0.39, 0.29) is 12.8 Å². The molecule has 0 saturated heterocycles. The lowest BCUT2D eigenvalue weighted by molar-refractivity contribution is -0.220. The standard InChI is InChI=1S/C51H100NO12P/c1-3-5-7-9-11-13-15-17-19-21-22-23-25-27-29-31-33-35-37-39-44(54)43(41-63-65(61,62)64-51-49(59)47(57)46(56)48(58)50(51)60)52-45(55)40-42(53)38-36-34-32-30-28-26-24-20-18-16-14-12-10-8-6-4-2/h26,28,42-44,46-51,53-54,56-60H,3-25,27,29-41H2,1-2H3,(H,52,55)(H,61,62)/b28-26-. The molecular formula is C51H100NO12P. The summed E-state index contributed by atoms with van der Waals surface area (Å²) in [7, 11) is -5.12. The van der Waals surface area contributed by atoms with Crippen LogP contribution in [0.25, 0.3) is 0 Å². The Morgan fingerprint density at radius 3 is 1.28 bits per heavy atom. The average Bonchev–Trinajstić information content (AvgIpc) is 3.28. The molecule has 1 rings (SSSR count). The Balaban J connectivity index is 2.45. The van der Waals surface area contributed by atoms with Crippen molar-refractivity contribution in [3.63, 3.8) is 0 Å². The van der Waals surface area contributed by atoms with E-state index < -0.39 is 75.2 Å². The molecule has 386 valence electrons. The van der Waals surface area contributed by atoms with Gasteiger partial charge in [-0.25, -0.2) is 4.57 Å². The molecule has 1 fully saturated rings. The van der Waals surface area contributed by atoms with Crippen molar-refractivity contribution in [2.75, 3.05) is 6.61 Å². The van der Waals surface area contributed by atoms with Gasteiger partial charge < -0.3 is 46.0 Å². The molecule has 14 heteroatoms. The molecule has 0 aromatic heterocycles. The molecule has 0 aromatic rings. The zero-order valence-electron chi connectivity index (χ0n) is 41.2. The molecule has 65 heavy (non-hydrogen) atoms. The van der Waals surface area contributed by atoms with Crippen molar-refractivity contribution in [2.45, 2.75) is 300 Å². The van der Waals surface area contributed by atoms with Crippen LogP contribution < -0.4 is 5.32 Å². The second-order valence-corrected chi connectivity index (χ2v) is 20.7. The SMILES string of the molecule is CCCCCCCCCCC/C=C\CCCCCC(O)CC(=O)NC(COP(=O)(O)OC1C(O)C(O)C(O)C(O)C1O)C(O)CCCCCCCCCCCCCCCCCCCCC. The van der Waals surface area contributed by atoms with Gasteiger partial charge >= 0.3 is 7.82 Å². The summed E-state index contributed by atoms with van der Waals surface area (Å²) in [5, 5.41) is 74.9. The smallest absolute Gasteiger partial charge is 0.393 e. The first-order valence-corrected chi connectivity index (χ1v) is 28.2. The highest BCUT2D eigenvalue weighted by Gasteiger charge is 2.51. The number of allylic oxidation sites excluding steroid dienone is 2. The van der Waals surface area contributed by atoms with E-state index in [2.05, 4.69) is 31.3 Å². The van der Waals surface area contributed by atoms with Crippen molar-refractivity contribution in [3.05, 3.63) is 12.2 Å². The number of unbranched alkanes of at least 4 members (excludes halogenated alkanes) is 30. The number of aliphatic hydroxyl groups excluding tert-OH is 7. The second kappa shape index (κ2) is 40.9. The first-order valence-electron chi connectivity index (χ1n) is 26.7. The Morgan fingerprint density at radius 2 is 0.862 bits per heavy atom. The number of carbonyl (C=O) groups is 1. The fourth-order valence-corrected chi connectivity index (χ4v) is 9.74. The number of phosphoric ester groups is 1. The predicted octanol–water partition coefficient (Wildman–Crippen LogP) is 10.2. The van der Waals surface area contributed by atoms with Gasteiger partial charge in [-0.3, -0.25) is 13.8 Å². The van der Waals surface area contributed by atoms with Crippen molar-refractivity contribution < 1.29 is 59.0 Å². The number of aliphatic hydroxyl groups is 7. The Bertz CT molecular complexity index is 1170. The third-order valence-corrected chi connectivity index (χ3v) is 14.1. The highest BCUT2D eigenvalue weighted by molar-refractivity contribution is 7.47. The van der Waals surface area contributed by atoms with Crippen molar-refractivity contribution in [2.24, 2.45) is 0 Å². The lowest BCUT2D eigenvalue weighted by atomic mass is 9.85. The van der Waals surface area contributed by atoms with Crippen molar-refractivity contribution in [1.82, 2.24) is 5.32 Å². The van der Waals surface area contributed by atoms with Gasteiger partial charge in [-0.05, 0) is 38.5 Å². The van der Waals surface area contributed by atoms with Crippen LogP contribution in [0.4, 0.5) is 0 Å². The molecule has 0 spiro atoms. The lowest BCUT2D eigenvalue weighted by Gasteiger charge is -2.41. The molecule has 0 heterocycles. The third kappa shape index (κ3) is 32.5. The number of hydrogen-bond donors (Lipinski definition) is 9. The average molecular weight is 950 g/mol. The number of carbonyl (C=O) groups excluding carboxylic acids is 1. The van der Waals surface area contributed by atoms with Gasteiger partial charge in [0.1, 0.15) is 36.6 Å². The molecule has 1 saturated carbocycles. The van der Waals surface area contributed by atoms with E-state index in [0.29, 0.717) is 12.8 Å². The number of nitrogens with one attached hydrogen (secondary N) is 1. The maximum atomic E-state index is 13.1. The van der Waals surface area contributed by atoms with E-state index in [1.807, 2.05) is 0 Å². The topological polar surface area (TPSA) is 226 Å². The van der Waals surface area contributed by atoms with Crippen LogP contribution in [0.3, 0.4) is 0 Å².